The minimum Gasteiger partial charge on any atom is -0.332 e. The van der Waals surface area contributed by atoms with Gasteiger partial charge in [-0.15, -0.1) is 0 Å². The van der Waals surface area contributed by atoms with Gasteiger partial charge in [0.1, 0.15) is 0 Å². The first-order valence-electron chi connectivity index (χ1n) is 4.09. The number of nitrogen functional groups attached to an aromatic ring is 1. The summed E-state index contributed by atoms with van der Waals surface area (Å²) in [6.07, 6.45) is 0. The van der Waals surface area contributed by atoms with Crippen molar-refractivity contribution in [1.82, 2.24) is 9.24 Å². The Hall–Kier alpha value is -2.04. The molecule has 0 bridgehead atoms. The molecule has 0 amide bonds. The lowest BCUT2D eigenvalue weighted by atomic mass is 10.2. The smallest absolute Gasteiger partial charge is 0.332 e. The lowest BCUT2D eigenvalue weighted by molar-refractivity contribution is 0.749. The third-order valence-corrected chi connectivity index (χ3v) is 2.21. The van der Waals surface area contributed by atoms with E-state index in [1.165, 1.54) is 4.57 Å². The highest BCUT2D eigenvalue weighted by Crippen LogP contribution is 2.04. The maximum atomic E-state index is 11.5. The second-order valence-corrected chi connectivity index (χ2v) is 3.03. The maximum absolute atomic E-state index is 11.5. The Balaban J connectivity index is 3.19. The minimum atomic E-state index is -0.520. The fraction of sp³-hybridized carbons (Fsp3) is 0.111. The Morgan fingerprint density at radius 2 is 1.86 bits per heavy atom. The fourth-order valence-corrected chi connectivity index (χ4v) is 1.43. The number of aromatic nitrogens is 2. The highest BCUT2D eigenvalue weighted by atomic mass is 16.2. The zero-order valence-electron chi connectivity index (χ0n) is 7.60. The van der Waals surface area contributed by atoms with Crippen molar-refractivity contribution in [3.8, 4) is 0 Å². The molecule has 5 nitrogen and oxygen atoms in total. The Morgan fingerprint density at radius 3 is 2.57 bits per heavy atom. The predicted molar refractivity (Wildman–Crippen MR) is 53.6 cm³/mol. The summed E-state index contributed by atoms with van der Waals surface area (Å²) in [7, 11) is 1.58. The van der Waals surface area contributed by atoms with Gasteiger partial charge in [-0.05, 0) is 12.1 Å². The Kier molecular flexibility index (Phi) is 1.67. The number of hydrogen-bond acceptors (Lipinski definition) is 3. The van der Waals surface area contributed by atoms with Gasteiger partial charge in [0.2, 0.25) is 0 Å². The molecular formula is C9H9N3O2. The lowest BCUT2D eigenvalue weighted by Crippen LogP contribution is -2.43. The van der Waals surface area contributed by atoms with E-state index < -0.39 is 11.2 Å². The Bertz CT molecular complexity index is 609. The number of fused-ring (bicyclic) bond motifs is 1. The van der Waals surface area contributed by atoms with Crippen LogP contribution in [0.15, 0.2) is 33.9 Å². The number of hydrogen-bond donors (Lipinski definition) is 1. The number of benzene rings is 1. The number of para-hydroxylation sites is 1. The molecule has 0 saturated heterocycles. The third kappa shape index (κ3) is 0.953. The molecule has 0 spiro atoms. The summed E-state index contributed by atoms with van der Waals surface area (Å²) in [5, 5.41) is 0.442. The minimum absolute atomic E-state index is 0.442. The number of nitrogens with two attached hydrogens (primary N) is 1. The van der Waals surface area contributed by atoms with Crippen molar-refractivity contribution in [2.45, 2.75) is 0 Å². The van der Waals surface area contributed by atoms with Crippen molar-refractivity contribution in [2.75, 3.05) is 5.84 Å². The molecule has 1 aromatic carbocycles. The topological polar surface area (TPSA) is 70.0 Å². The molecule has 0 radical (unpaired) electrons. The van der Waals surface area contributed by atoms with Gasteiger partial charge in [0.25, 0.3) is 5.56 Å². The first kappa shape index (κ1) is 8.55. The average molecular weight is 191 g/mol. The molecule has 1 aromatic heterocycles. The van der Waals surface area contributed by atoms with E-state index >= 15 is 0 Å². The first-order valence-corrected chi connectivity index (χ1v) is 4.09. The number of nitrogens with zero attached hydrogens (tertiary/aromatic N) is 2. The molecule has 5 heteroatoms. The normalized spacial score (nSPS) is 10.6. The molecule has 0 fully saturated rings. The summed E-state index contributed by atoms with van der Waals surface area (Å²) in [6, 6.07) is 6.84. The average Bonchev–Trinajstić information content (AvgIpc) is 2.23. The van der Waals surface area contributed by atoms with Gasteiger partial charge in [-0.2, -0.15) is 4.68 Å². The van der Waals surface area contributed by atoms with E-state index in [2.05, 4.69) is 0 Å². The van der Waals surface area contributed by atoms with Gasteiger partial charge in [-0.25, -0.2) is 4.79 Å². The van der Waals surface area contributed by atoms with Crippen molar-refractivity contribution in [1.29, 1.82) is 0 Å². The first-order chi connectivity index (χ1) is 6.63. The van der Waals surface area contributed by atoms with Gasteiger partial charge in [0.05, 0.1) is 10.9 Å². The summed E-state index contributed by atoms with van der Waals surface area (Å²) >= 11 is 0. The molecule has 2 aromatic rings. The van der Waals surface area contributed by atoms with Crippen LogP contribution in [0.3, 0.4) is 0 Å². The van der Waals surface area contributed by atoms with Crippen LogP contribution in [0.1, 0.15) is 0 Å². The Labute approximate surface area is 79.0 Å². The largest absolute Gasteiger partial charge is 0.349 e. The Morgan fingerprint density at radius 1 is 1.21 bits per heavy atom. The van der Waals surface area contributed by atoms with E-state index in [9.17, 15) is 9.59 Å². The van der Waals surface area contributed by atoms with E-state index in [1.54, 1.807) is 31.3 Å². The fourth-order valence-electron chi connectivity index (χ4n) is 1.43. The van der Waals surface area contributed by atoms with Crippen LogP contribution in [0.4, 0.5) is 0 Å². The predicted octanol–water partition coefficient (Wildman–Crippen LogP) is -0.586. The van der Waals surface area contributed by atoms with Crippen LogP contribution in [0.5, 0.6) is 0 Å². The van der Waals surface area contributed by atoms with Crippen LogP contribution < -0.4 is 17.1 Å². The van der Waals surface area contributed by atoms with E-state index in [0.29, 0.717) is 15.6 Å². The van der Waals surface area contributed by atoms with Crippen molar-refractivity contribution in [2.24, 2.45) is 7.05 Å². The molecule has 0 aliphatic carbocycles. The van der Waals surface area contributed by atoms with Crippen LogP contribution in [-0.2, 0) is 7.05 Å². The highest BCUT2D eigenvalue weighted by molar-refractivity contribution is 5.77. The van der Waals surface area contributed by atoms with Crippen LogP contribution in [0.2, 0.25) is 0 Å². The molecule has 0 saturated carbocycles. The summed E-state index contributed by atoms with van der Waals surface area (Å²) < 4.78 is 1.96. The van der Waals surface area contributed by atoms with E-state index in [4.69, 9.17) is 5.84 Å². The SMILES string of the molecule is Cn1c(=O)n(N)c(=O)c2ccccc21. The molecule has 0 unspecified atom stereocenters. The van der Waals surface area contributed by atoms with Crippen LogP contribution >= 0.6 is 0 Å². The van der Waals surface area contributed by atoms with Gasteiger partial charge in [0, 0.05) is 7.05 Å². The molecule has 0 aliphatic heterocycles. The second-order valence-electron chi connectivity index (χ2n) is 3.03. The summed E-state index contributed by atoms with van der Waals surface area (Å²) in [5.74, 6) is 5.32. The summed E-state index contributed by atoms with van der Waals surface area (Å²) in [6.45, 7) is 0. The molecule has 2 rings (SSSR count). The van der Waals surface area contributed by atoms with Gasteiger partial charge in [-0.3, -0.25) is 9.36 Å². The van der Waals surface area contributed by atoms with Gasteiger partial charge in [-0.1, -0.05) is 12.1 Å². The van der Waals surface area contributed by atoms with E-state index in [-0.39, 0.29) is 0 Å². The third-order valence-electron chi connectivity index (χ3n) is 2.21. The summed E-state index contributed by atoms with van der Waals surface area (Å²) in [5.41, 5.74) is -0.401. The zero-order chi connectivity index (χ0) is 10.3. The van der Waals surface area contributed by atoms with Crippen molar-refractivity contribution < 1.29 is 0 Å². The molecular weight excluding hydrogens is 182 g/mol. The van der Waals surface area contributed by atoms with Gasteiger partial charge < -0.3 is 5.84 Å². The van der Waals surface area contributed by atoms with E-state index in [0.717, 1.165) is 0 Å². The monoisotopic (exact) mass is 191 g/mol. The van der Waals surface area contributed by atoms with Crippen molar-refractivity contribution in [3.63, 3.8) is 0 Å². The molecule has 1 heterocycles. The molecule has 0 atom stereocenters. The van der Waals surface area contributed by atoms with Gasteiger partial charge in [0.15, 0.2) is 0 Å². The lowest BCUT2D eigenvalue weighted by Gasteiger charge is -2.05. The zero-order valence-corrected chi connectivity index (χ0v) is 7.60. The van der Waals surface area contributed by atoms with Crippen LogP contribution in [-0.4, -0.2) is 9.24 Å². The van der Waals surface area contributed by atoms with Crippen molar-refractivity contribution in [3.05, 3.63) is 45.1 Å². The van der Waals surface area contributed by atoms with Gasteiger partial charge >= 0.3 is 5.69 Å². The second kappa shape index (κ2) is 2.73. The quantitative estimate of drug-likeness (QED) is 0.566. The molecule has 72 valence electrons. The summed E-state index contributed by atoms with van der Waals surface area (Å²) in [4.78, 5) is 22.9. The van der Waals surface area contributed by atoms with Crippen LogP contribution in [0.25, 0.3) is 10.9 Å². The van der Waals surface area contributed by atoms with Crippen LogP contribution in [0, 0.1) is 0 Å². The molecule has 2 N–H and O–H groups in total. The standard InChI is InChI=1S/C9H9N3O2/c1-11-7-5-3-2-4-6(7)8(13)12(10)9(11)14/h2-5H,10H2,1H3. The van der Waals surface area contributed by atoms with Crippen molar-refractivity contribution >= 4 is 10.9 Å². The highest BCUT2D eigenvalue weighted by Gasteiger charge is 2.06. The number of aryl methyl sites for hydroxylation is 1. The van der Waals surface area contributed by atoms with E-state index in [1.807, 2.05) is 0 Å². The number of rotatable bonds is 0. The molecule has 14 heavy (non-hydrogen) atoms. The molecule has 0 aliphatic rings. The maximum Gasteiger partial charge on any atom is 0.349 e.